The van der Waals surface area contributed by atoms with E-state index in [4.69, 9.17) is 9.72 Å². The van der Waals surface area contributed by atoms with Gasteiger partial charge < -0.3 is 10.1 Å². The maximum Gasteiger partial charge on any atom is 0.252 e. The quantitative estimate of drug-likeness (QED) is 0.511. The Bertz CT molecular complexity index is 1140. The van der Waals surface area contributed by atoms with Gasteiger partial charge in [-0.3, -0.25) is 4.79 Å². The summed E-state index contributed by atoms with van der Waals surface area (Å²) < 4.78 is 5.57. The van der Waals surface area contributed by atoms with Crippen molar-refractivity contribution in [3.63, 3.8) is 0 Å². The van der Waals surface area contributed by atoms with Gasteiger partial charge in [0.1, 0.15) is 5.75 Å². The molecule has 2 fully saturated rings. The minimum atomic E-state index is 0.00506. The number of pyridine rings is 1. The van der Waals surface area contributed by atoms with Crippen LogP contribution in [0.25, 0.3) is 22.2 Å². The number of amides is 1. The van der Waals surface area contributed by atoms with Crippen LogP contribution in [0, 0.1) is 24.7 Å². The molecule has 2 bridgehead atoms. The van der Waals surface area contributed by atoms with Gasteiger partial charge in [0.2, 0.25) is 0 Å². The number of rotatable bonds is 6. The van der Waals surface area contributed by atoms with Gasteiger partial charge in [-0.2, -0.15) is 0 Å². The van der Waals surface area contributed by atoms with E-state index in [9.17, 15) is 4.79 Å². The number of hydrogen-bond donors (Lipinski definition) is 1. The zero-order valence-corrected chi connectivity index (χ0v) is 19.2. The van der Waals surface area contributed by atoms with Crippen molar-refractivity contribution in [2.45, 2.75) is 52.5 Å². The molecule has 1 amide bonds. The first kappa shape index (κ1) is 21.0. The van der Waals surface area contributed by atoms with Crippen LogP contribution >= 0.6 is 0 Å². The number of carbonyl (C=O) groups is 1. The average molecular weight is 429 g/mol. The van der Waals surface area contributed by atoms with E-state index in [1.54, 1.807) is 0 Å². The normalized spacial score (nSPS) is 22.8. The van der Waals surface area contributed by atoms with Crippen molar-refractivity contribution in [1.29, 1.82) is 0 Å². The molecule has 0 aliphatic heterocycles. The summed E-state index contributed by atoms with van der Waals surface area (Å²) >= 11 is 0. The lowest BCUT2D eigenvalue weighted by Gasteiger charge is -2.28. The SMILES string of the molecule is CCOc1ccc(-c2cc(C(=O)N[C@H](C)[C@@H]3C[C@H]4CC[C@H]3C4)c3cc(C)ccc3n2)cc1. The Hall–Kier alpha value is -2.88. The fourth-order valence-electron chi connectivity index (χ4n) is 5.86. The molecule has 0 spiro atoms. The van der Waals surface area contributed by atoms with Crippen molar-refractivity contribution in [2.24, 2.45) is 17.8 Å². The number of hydrogen-bond acceptors (Lipinski definition) is 3. The summed E-state index contributed by atoms with van der Waals surface area (Å²) in [5.74, 6) is 3.11. The highest BCUT2D eigenvalue weighted by molar-refractivity contribution is 6.07. The fourth-order valence-corrected chi connectivity index (χ4v) is 5.86. The summed E-state index contributed by atoms with van der Waals surface area (Å²) in [7, 11) is 0. The molecule has 32 heavy (non-hydrogen) atoms. The van der Waals surface area contributed by atoms with Gasteiger partial charge in [0.05, 0.1) is 23.4 Å². The van der Waals surface area contributed by atoms with Crippen LogP contribution in [0.2, 0.25) is 0 Å². The second-order valence-electron chi connectivity index (χ2n) is 9.63. The van der Waals surface area contributed by atoms with E-state index < -0.39 is 0 Å². The van der Waals surface area contributed by atoms with E-state index in [1.165, 1.54) is 25.7 Å². The predicted octanol–water partition coefficient (Wildman–Crippen LogP) is 6.16. The van der Waals surface area contributed by atoms with Crippen molar-refractivity contribution in [2.75, 3.05) is 6.61 Å². The van der Waals surface area contributed by atoms with E-state index in [2.05, 4.69) is 31.3 Å². The molecule has 0 unspecified atom stereocenters. The Labute approximate surface area is 190 Å². The van der Waals surface area contributed by atoms with Crippen LogP contribution in [-0.2, 0) is 0 Å². The third kappa shape index (κ3) is 3.99. The average Bonchev–Trinajstić information content (AvgIpc) is 3.43. The minimum absolute atomic E-state index is 0.00506. The van der Waals surface area contributed by atoms with Gasteiger partial charge in [-0.1, -0.05) is 18.1 Å². The molecule has 1 aromatic heterocycles. The second-order valence-corrected chi connectivity index (χ2v) is 9.63. The largest absolute Gasteiger partial charge is 0.494 e. The molecule has 0 radical (unpaired) electrons. The number of nitrogens with zero attached hydrogens (tertiary/aromatic N) is 1. The number of benzene rings is 2. The molecule has 2 aliphatic rings. The Morgan fingerprint density at radius 1 is 1.12 bits per heavy atom. The molecule has 1 N–H and O–H groups in total. The molecule has 4 atom stereocenters. The van der Waals surface area contributed by atoms with Crippen molar-refractivity contribution < 1.29 is 9.53 Å². The predicted molar refractivity (Wildman–Crippen MR) is 129 cm³/mol. The van der Waals surface area contributed by atoms with E-state index >= 15 is 0 Å². The summed E-state index contributed by atoms with van der Waals surface area (Å²) in [6, 6.07) is 16.2. The monoisotopic (exact) mass is 428 g/mol. The summed E-state index contributed by atoms with van der Waals surface area (Å²) in [5, 5.41) is 4.27. The number of aromatic nitrogens is 1. The van der Waals surface area contributed by atoms with E-state index in [-0.39, 0.29) is 11.9 Å². The van der Waals surface area contributed by atoms with Crippen LogP contribution in [0.1, 0.15) is 55.5 Å². The van der Waals surface area contributed by atoms with Crippen LogP contribution in [0.4, 0.5) is 0 Å². The lowest BCUT2D eigenvalue weighted by atomic mass is 9.84. The fraction of sp³-hybridized carbons (Fsp3) is 0.429. The summed E-state index contributed by atoms with van der Waals surface area (Å²) in [6.45, 7) is 6.85. The molecule has 2 saturated carbocycles. The highest BCUT2D eigenvalue weighted by atomic mass is 16.5. The summed E-state index contributed by atoms with van der Waals surface area (Å²) in [5.41, 5.74) is 4.47. The topological polar surface area (TPSA) is 51.2 Å². The first-order valence-corrected chi connectivity index (χ1v) is 12.0. The smallest absolute Gasteiger partial charge is 0.252 e. The summed E-state index contributed by atoms with van der Waals surface area (Å²) in [6.07, 6.45) is 5.32. The molecule has 5 rings (SSSR count). The maximum atomic E-state index is 13.5. The van der Waals surface area contributed by atoms with Crippen LogP contribution in [-0.4, -0.2) is 23.5 Å². The Morgan fingerprint density at radius 3 is 2.62 bits per heavy atom. The van der Waals surface area contributed by atoms with Crippen molar-refractivity contribution in [1.82, 2.24) is 10.3 Å². The van der Waals surface area contributed by atoms with Gasteiger partial charge in [-0.05, 0) is 100 Å². The van der Waals surface area contributed by atoms with Crippen LogP contribution in [0.3, 0.4) is 0 Å². The van der Waals surface area contributed by atoms with E-state index in [0.29, 0.717) is 18.1 Å². The summed E-state index contributed by atoms with van der Waals surface area (Å²) in [4.78, 5) is 18.4. The third-order valence-electron chi connectivity index (χ3n) is 7.46. The number of nitrogens with one attached hydrogen (secondary N) is 1. The van der Waals surface area contributed by atoms with Gasteiger partial charge in [0, 0.05) is 17.0 Å². The maximum absolute atomic E-state index is 13.5. The molecule has 4 heteroatoms. The van der Waals surface area contributed by atoms with E-state index in [1.807, 2.05) is 43.3 Å². The van der Waals surface area contributed by atoms with Crippen LogP contribution < -0.4 is 10.1 Å². The molecule has 166 valence electrons. The lowest BCUT2D eigenvalue weighted by molar-refractivity contribution is 0.0917. The number of ether oxygens (including phenoxy) is 1. The number of carbonyl (C=O) groups excluding carboxylic acids is 1. The van der Waals surface area contributed by atoms with Crippen LogP contribution in [0.15, 0.2) is 48.5 Å². The van der Waals surface area contributed by atoms with Gasteiger partial charge in [-0.15, -0.1) is 0 Å². The van der Waals surface area contributed by atoms with Crippen molar-refractivity contribution in [3.05, 3.63) is 59.7 Å². The van der Waals surface area contributed by atoms with Crippen molar-refractivity contribution >= 4 is 16.8 Å². The van der Waals surface area contributed by atoms with Gasteiger partial charge in [-0.25, -0.2) is 4.98 Å². The standard InChI is InChI=1S/C28H32N2O2/c1-4-32-22-10-8-20(9-11-22)27-16-25(24-13-17(2)5-12-26(24)30-27)28(31)29-18(3)23-15-19-6-7-21(23)14-19/h5,8-13,16,18-19,21,23H,4,6-7,14-15H2,1-3H3,(H,29,31)/t18-,19+,21+,23+/m1/s1. The third-order valence-corrected chi connectivity index (χ3v) is 7.46. The molecule has 3 aromatic rings. The highest BCUT2D eigenvalue weighted by Crippen LogP contribution is 2.49. The zero-order chi connectivity index (χ0) is 22.2. The molecule has 0 saturated heterocycles. The van der Waals surface area contributed by atoms with E-state index in [0.717, 1.165) is 45.3 Å². The number of fused-ring (bicyclic) bond motifs is 3. The minimum Gasteiger partial charge on any atom is -0.494 e. The second kappa shape index (κ2) is 8.57. The van der Waals surface area contributed by atoms with Crippen molar-refractivity contribution in [3.8, 4) is 17.0 Å². The number of aryl methyl sites for hydroxylation is 1. The molecule has 2 aliphatic carbocycles. The first-order chi connectivity index (χ1) is 15.5. The highest BCUT2D eigenvalue weighted by Gasteiger charge is 2.42. The molecule has 4 nitrogen and oxygen atoms in total. The first-order valence-electron chi connectivity index (χ1n) is 12.0. The van der Waals surface area contributed by atoms with Gasteiger partial charge >= 0.3 is 0 Å². The van der Waals surface area contributed by atoms with Crippen LogP contribution in [0.5, 0.6) is 5.75 Å². The molecular weight excluding hydrogens is 396 g/mol. The zero-order valence-electron chi connectivity index (χ0n) is 19.2. The lowest BCUT2D eigenvalue weighted by Crippen LogP contribution is -2.40. The Kier molecular flexibility index (Phi) is 5.62. The molecular formula is C28H32N2O2. The molecule has 1 heterocycles. The Morgan fingerprint density at radius 2 is 1.94 bits per heavy atom. The Balaban J connectivity index is 1.47. The molecule has 2 aromatic carbocycles. The van der Waals surface area contributed by atoms with Gasteiger partial charge in [0.25, 0.3) is 5.91 Å². The van der Waals surface area contributed by atoms with Gasteiger partial charge in [0.15, 0.2) is 0 Å².